The standard InChI is InChI=1S/C12H18ClFN2/c1-9(12(14)8-15-10(2)13)16-11-6-4-3-5-7-11/h8,11,16H,1,3-7H2,2H3/b12-8+,15-10?. The minimum absolute atomic E-state index is 0.300. The van der Waals surface area contributed by atoms with Gasteiger partial charge in [0, 0.05) is 6.04 Å². The third-order valence-electron chi connectivity index (χ3n) is 2.63. The minimum Gasteiger partial charge on any atom is -0.380 e. The van der Waals surface area contributed by atoms with Crippen molar-refractivity contribution in [1.82, 2.24) is 5.32 Å². The van der Waals surface area contributed by atoms with Gasteiger partial charge in [0.25, 0.3) is 0 Å². The average molecular weight is 245 g/mol. The molecular weight excluding hydrogens is 227 g/mol. The Morgan fingerprint density at radius 3 is 2.62 bits per heavy atom. The van der Waals surface area contributed by atoms with E-state index < -0.39 is 5.83 Å². The number of hydrogen-bond acceptors (Lipinski definition) is 2. The van der Waals surface area contributed by atoms with Gasteiger partial charge in [0.05, 0.1) is 11.9 Å². The minimum atomic E-state index is -0.453. The Morgan fingerprint density at radius 2 is 2.06 bits per heavy atom. The van der Waals surface area contributed by atoms with Gasteiger partial charge in [0.1, 0.15) is 5.17 Å². The van der Waals surface area contributed by atoms with E-state index in [0.29, 0.717) is 16.9 Å². The normalized spacial score (nSPS) is 19.7. The molecule has 0 spiro atoms. The van der Waals surface area contributed by atoms with Gasteiger partial charge in [-0.3, -0.25) is 0 Å². The Balaban J connectivity index is 2.44. The molecule has 0 aromatic carbocycles. The molecule has 0 bridgehead atoms. The largest absolute Gasteiger partial charge is 0.380 e. The number of rotatable bonds is 4. The van der Waals surface area contributed by atoms with Gasteiger partial charge in [0.15, 0.2) is 5.83 Å². The summed E-state index contributed by atoms with van der Waals surface area (Å²) in [5.74, 6) is -0.453. The van der Waals surface area contributed by atoms with Gasteiger partial charge in [-0.15, -0.1) is 0 Å². The van der Waals surface area contributed by atoms with E-state index >= 15 is 0 Å². The molecule has 0 aromatic rings. The van der Waals surface area contributed by atoms with E-state index in [9.17, 15) is 4.39 Å². The summed E-state index contributed by atoms with van der Waals surface area (Å²) < 4.78 is 13.4. The molecule has 1 aliphatic carbocycles. The van der Waals surface area contributed by atoms with Crippen LogP contribution in [0.15, 0.2) is 29.3 Å². The lowest BCUT2D eigenvalue weighted by Gasteiger charge is -2.24. The van der Waals surface area contributed by atoms with E-state index in [2.05, 4.69) is 16.9 Å². The Morgan fingerprint density at radius 1 is 1.44 bits per heavy atom. The van der Waals surface area contributed by atoms with Crippen molar-refractivity contribution < 1.29 is 4.39 Å². The first-order valence-electron chi connectivity index (χ1n) is 5.61. The van der Waals surface area contributed by atoms with Crippen molar-refractivity contribution in [3.8, 4) is 0 Å². The molecule has 0 amide bonds. The number of allylic oxidation sites excluding steroid dienone is 1. The number of halogens is 2. The lowest BCUT2D eigenvalue weighted by atomic mass is 9.95. The topological polar surface area (TPSA) is 24.4 Å². The molecule has 4 heteroatoms. The molecule has 0 aromatic heterocycles. The first-order chi connectivity index (χ1) is 7.59. The number of aliphatic imine (C=N–C) groups is 1. The van der Waals surface area contributed by atoms with Gasteiger partial charge in [-0.25, -0.2) is 9.38 Å². The molecule has 1 N–H and O–H groups in total. The zero-order chi connectivity index (χ0) is 12.0. The fourth-order valence-electron chi connectivity index (χ4n) is 1.79. The first-order valence-corrected chi connectivity index (χ1v) is 5.99. The van der Waals surface area contributed by atoms with Crippen molar-refractivity contribution in [2.45, 2.75) is 45.1 Å². The second-order valence-electron chi connectivity index (χ2n) is 4.06. The summed E-state index contributed by atoms with van der Waals surface area (Å²) >= 11 is 5.51. The van der Waals surface area contributed by atoms with E-state index in [4.69, 9.17) is 11.6 Å². The summed E-state index contributed by atoms with van der Waals surface area (Å²) in [5.41, 5.74) is 0.300. The maximum Gasteiger partial charge on any atom is 0.163 e. The lowest BCUT2D eigenvalue weighted by molar-refractivity contribution is 0.393. The van der Waals surface area contributed by atoms with E-state index in [0.717, 1.165) is 19.0 Å². The SMILES string of the molecule is C=C(NC1CCCCC1)/C(F)=C\N=C(C)Cl. The van der Waals surface area contributed by atoms with E-state index in [1.165, 1.54) is 19.3 Å². The van der Waals surface area contributed by atoms with Crippen LogP contribution in [-0.2, 0) is 0 Å². The molecule has 0 aliphatic heterocycles. The molecule has 1 saturated carbocycles. The van der Waals surface area contributed by atoms with Crippen LogP contribution in [0.4, 0.5) is 4.39 Å². The molecule has 2 nitrogen and oxygen atoms in total. The lowest BCUT2D eigenvalue weighted by Crippen LogP contribution is -2.30. The number of nitrogens with zero attached hydrogens (tertiary/aromatic N) is 1. The Bertz CT molecular complexity index is 300. The molecule has 0 unspecified atom stereocenters. The summed E-state index contributed by atoms with van der Waals surface area (Å²) in [4.78, 5) is 3.68. The van der Waals surface area contributed by atoms with E-state index in [1.54, 1.807) is 6.92 Å². The maximum atomic E-state index is 13.4. The summed E-state index contributed by atoms with van der Waals surface area (Å²) in [5, 5.41) is 3.40. The molecule has 1 rings (SSSR count). The van der Waals surface area contributed by atoms with Gasteiger partial charge in [-0.1, -0.05) is 37.4 Å². The molecule has 0 atom stereocenters. The predicted molar refractivity (Wildman–Crippen MR) is 67.3 cm³/mol. The fourth-order valence-corrected chi connectivity index (χ4v) is 1.83. The summed E-state index contributed by atoms with van der Waals surface area (Å²) in [6.07, 6.45) is 6.96. The van der Waals surface area contributed by atoms with E-state index in [-0.39, 0.29) is 0 Å². The van der Waals surface area contributed by atoms with Crippen molar-refractivity contribution in [3.63, 3.8) is 0 Å². The second kappa shape index (κ2) is 6.69. The van der Waals surface area contributed by atoms with Gasteiger partial charge >= 0.3 is 0 Å². The second-order valence-corrected chi connectivity index (χ2v) is 4.61. The van der Waals surface area contributed by atoms with Gasteiger partial charge in [-0.2, -0.15) is 0 Å². The van der Waals surface area contributed by atoms with Crippen molar-refractivity contribution >= 4 is 16.8 Å². The van der Waals surface area contributed by atoms with Crippen LogP contribution in [0.5, 0.6) is 0 Å². The van der Waals surface area contributed by atoms with Crippen LogP contribution in [0.25, 0.3) is 0 Å². The third kappa shape index (κ3) is 4.79. The Labute approximate surface area is 101 Å². The van der Waals surface area contributed by atoms with Crippen molar-refractivity contribution in [2.75, 3.05) is 0 Å². The van der Waals surface area contributed by atoms with Gasteiger partial charge in [0.2, 0.25) is 0 Å². The smallest absolute Gasteiger partial charge is 0.163 e. The highest BCUT2D eigenvalue weighted by atomic mass is 35.5. The number of nitrogens with one attached hydrogen (secondary N) is 1. The highest BCUT2D eigenvalue weighted by Gasteiger charge is 2.14. The molecule has 90 valence electrons. The summed E-state index contributed by atoms with van der Waals surface area (Å²) in [6, 6.07) is 0.349. The summed E-state index contributed by atoms with van der Waals surface area (Å²) in [6.45, 7) is 5.26. The quantitative estimate of drug-likeness (QED) is 0.589. The Kier molecular flexibility index (Phi) is 5.53. The molecular formula is C12H18ClFN2. The average Bonchev–Trinajstić information content (AvgIpc) is 2.27. The van der Waals surface area contributed by atoms with Crippen LogP contribution >= 0.6 is 11.6 Å². The molecule has 1 aliphatic rings. The molecule has 0 radical (unpaired) electrons. The van der Waals surface area contributed by atoms with Crippen LogP contribution < -0.4 is 5.32 Å². The van der Waals surface area contributed by atoms with Crippen LogP contribution in [0.2, 0.25) is 0 Å². The van der Waals surface area contributed by atoms with Crippen LogP contribution in [0.1, 0.15) is 39.0 Å². The first kappa shape index (κ1) is 13.2. The van der Waals surface area contributed by atoms with Crippen molar-refractivity contribution in [3.05, 3.63) is 24.3 Å². The maximum absolute atomic E-state index is 13.4. The van der Waals surface area contributed by atoms with Gasteiger partial charge < -0.3 is 5.32 Å². The molecule has 0 saturated heterocycles. The van der Waals surface area contributed by atoms with Crippen molar-refractivity contribution in [1.29, 1.82) is 0 Å². The van der Waals surface area contributed by atoms with Crippen LogP contribution in [-0.4, -0.2) is 11.2 Å². The zero-order valence-corrected chi connectivity index (χ0v) is 10.4. The molecule has 0 heterocycles. The highest BCUT2D eigenvalue weighted by molar-refractivity contribution is 6.64. The predicted octanol–water partition coefficient (Wildman–Crippen LogP) is 3.89. The fraction of sp³-hybridized carbons (Fsp3) is 0.583. The van der Waals surface area contributed by atoms with E-state index in [1.807, 2.05) is 0 Å². The zero-order valence-electron chi connectivity index (χ0n) is 9.60. The highest BCUT2D eigenvalue weighted by Crippen LogP contribution is 2.19. The third-order valence-corrected chi connectivity index (χ3v) is 2.73. The monoisotopic (exact) mass is 244 g/mol. The molecule has 16 heavy (non-hydrogen) atoms. The van der Waals surface area contributed by atoms with Gasteiger partial charge in [-0.05, 0) is 19.8 Å². The number of hydrogen-bond donors (Lipinski definition) is 1. The summed E-state index contributed by atoms with van der Waals surface area (Å²) in [7, 11) is 0. The molecule has 1 fully saturated rings. The van der Waals surface area contributed by atoms with Crippen LogP contribution in [0, 0.1) is 0 Å². The van der Waals surface area contributed by atoms with Crippen LogP contribution in [0.3, 0.4) is 0 Å². The van der Waals surface area contributed by atoms with Crippen molar-refractivity contribution in [2.24, 2.45) is 4.99 Å². The Hall–Kier alpha value is -0.830.